The summed E-state index contributed by atoms with van der Waals surface area (Å²) in [5, 5.41) is 5.57. The minimum absolute atomic E-state index is 0.0789. The second kappa shape index (κ2) is 6.41. The molecule has 1 fully saturated rings. The third-order valence-corrected chi connectivity index (χ3v) is 3.62. The van der Waals surface area contributed by atoms with Gasteiger partial charge in [-0.1, -0.05) is 19.1 Å². The molecule has 5 heteroatoms. The maximum Gasteiger partial charge on any atom is 0.242 e. The van der Waals surface area contributed by atoms with Gasteiger partial charge in [0.05, 0.1) is 0 Å². The summed E-state index contributed by atoms with van der Waals surface area (Å²) in [5.41, 5.74) is 7.43. The smallest absolute Gasteiger partial charge is 0.242 e. The van der Waals surface area contributed by atoms with Gasteiger partial charge in [0, 0.05) is 18.7 Å². The molecule has 0 aromatic heterocycles. The van der Waals surface area contributed by atoms with Crippen LogP contribution in [0.15, 0.2) is 24.3 Å². The van der Waals surface area contributed by atoms with Crippen LogP contribution in [0.5, 0.6) is 0 Å². The van der Waals surface area contributed by atoms with Gasteiger partial charge in [0.25, 0.3) is 0 Å². The summed E-state index contributed by atoms with van der Waals surface area (Å²) < 4.78 is 0. The lowest BCUT2D eigenvalue weighted by molar-refractivity contribution is -0.130. The molecule has 1 aromatic rings. The Morgan fingerprint density at radius 2 is 2.15 bits per heavy atom. The number of nitrogens with two attached hydrogens (primary N) is 1. The van der Waals surface area contributed by atoms with Crippen LogP contribution in [0.2, 0.25) is 0 Å². The van der Waals surface area contributed by atoms with E-state index < -0.39 is 0 Å². The Bertz CT molecular complexity index is 484. The van der Waals surface area contributed by atoms with Crippen LogP contribution in [0.1, 0.15) is 37.7 Å². The molecule has 1 saturated heterocycles. The number of hydrogen-bond acceptors (Lipinski definition) is 3. The number of amides is 2. The first-order chi connectivity index (χ1) is 9.56. The van der Waals surface area contributed by atoms with E-state index >= 15 is 0 Å². The van der Waals surface area contributed by atoms with Crippen LogP contribution in [-0.2, 0) is 9.59 Å². The Balaban J connectivity index is 1.87. The van der Waals surface area contributed by atoms with Crippen molar-refractivity contribution >= 4 is 17.5 Å². The number of piperidine rings is 1. The van der Waals surface area contributed by atoms with Crippen molar-refractivity contribution in [1.29, 1.82) is 0 Å². The molecule has 0 saturated carbocycles. The van der Waals surface area contributed by atoms with Gasteiger partial charge in [-0.2, -0.15) is 0 Å². The summed E-state index contributed by atoms with van der Waals surface area (Å²) in [5.74, 6) is -0.0663. The van der Waals surface area contributed by atoms with Crippen molar-refractivity contribution in [2.75, 3.05) is 12.3 Å². The third kappa shape index (κ3) is 3.73. The number of hydrogen-bond donors (Lipinski definition) is 3. The molecular weight excluding hydrogens is 254 g/mol. The molecule has 2 rings (SSSR count). The van der Waals surface area contributed by atoms with E-state index in [0.29, 0.717) is 25.1 Å². The molecule has 0 aliphatic carbocycles. The second-order valence-electron chi connectivity index (χ2n) is 5.33. The summed E-state index contributed by atoms with van der Waals surface area (Å²) in [7, 11) is 0. The van der Waals surface area contributed by atoms with E-state index in [1.165, 1.54) is 0 Å². The lowest BCUT2D eigenvalue weighted by Crippen LogP contribution is -2.50. The van der Waals surface area contributed by atoms with Crippen LogP contribution in [0.25, 0.3) is 0 Å². The van der Waals surface area contributed by atoms with Crippen LogP contribution >= 0.6 is 0 Å². The number of rotatable bonds is 4. The van der Waals surface area contributed by atoms with Gasteiger partial charge in [-0.3, -0.25) is 9.59 Å². The fourth-order valence-electron chi connectivity index (χ4n) is 2.38. The van der Waals surface area contributed by atoms with Crippen molar-refractivity contribution in [3.8, 4) is 0 Å². The molecule has 2 unspecified atom stereocenters. The fourth-order valence-corrected chi connectivity index (χ4v) is 2.38. The Labute approximate surface area is 118 Å². The summed E-state index contributed by atoms with van der Waals surface area (Å²) >= 11 is 0. The molecule has 1 aliphatic rings. The minimum Gasteiger partial charge on any atom is -0.399 e. The van der Waals surface area contributed by atoms with Crippen molar-refractivity contribution in [3.05, 3.63) is 29.8 Å². The summed E-state index contributed by atoms with van der Waals surface area (Å²) in [6.07, 6.45) is 1.99. The Morgan fingerprint density at radius 3 is 2.80 bits per heavy atom. The Morgan fingerprint density at radius 1 is 1.45 bits per heavy atom. The van der Waals surface area contributed by atoms with E-state index in [-0.39, 0.29) is 23.8 Å². The van der Waals surface area contributed by atoms with Gasteiger partial charge in [-0.05, 0) is 36.5 Å². The zero-order valence-electron chi connectivity index (χ0n) is 11.7. The van der Waals surface area contributed by atoms with Crippen LogP contribution < -0.4 is 16.4 Å². The highest BCUT2D eigenvalue weighted by Gasteiger charge is 2.24. The molecule has 2 amide bonds. The SMILES string of the molecule is CC(CC(=O)NC1CCCNC1=O)c1ccc(N)cc1. The number of nitrogens with one attached hydrogen (secondary N) is 2. The standard InChI is InChI=1S/C15H21N3O2/c1-10(11-4-6-12(16)7-5-11)9-14(19)18-13-3-2-8-17-15(13)20/h4-7,10,13H,2-3,8-9,16H2,1H3,(H,17,20)(H,18,19). The van der Waals surface area contributed by atoms with Crippen molar-refractivity contribution in [2.45, 2.75) is 38.1 Å². The first kappa shape index (κ1) is 14.4. The topological polar surface area (TPSA) is 84.2 Å². The average molecular weight is 275 g/mol. The molecule has 20 heavy (non-hydrogen) atoms. The average Bonchev–Trinajstić information content (AvgIpc) is 2.42. The first-order valence-electron chi connectivity index (χ1n) is 6.99. The van der Waals surface area contributed by atoms with Gasteiger partial charge in [-0.25, -0.2) is 0 Å². The van der Waals surface area contributed by atoms with Gasteiger partial charge in [0.1, 0.15) is 6.04 Å². The lowest BCUT2D eigenvalue weighted by atomic mass is 9.96. The van der Waals surface area contributed by atoms with E-state index in [0.717, 1.165) is 12.0 Å². The molecule has 5 nitrogen and oxygen atoms in total. The van der Waals surface area contributed by atoms with E-state index in [1.54, 1.807) is 0 Å². The highest BCUT2D eigenvalue weighted by molar-refractivity contribution is 5.88. The molecule has 0 bridgehead atoms. The predicted octanol–water partition coefficient (Wildman–Crippen LogP) is 1.16. The number of carbonyl (C=O) groups is 2. The van der Waals surface area contributed by atoms with E-state index in [1.807, 2.05) is 31.2 Å². The molecule has 0 spiro atoms. The maximum atomic E-state index is 12.0. The Hall–Kier alpha value is -2.04. The fraction of sp³-hybridized carbons (Fsp3) is 0.467. The van der Waals surface area contributed by atoms with Crippen molar-refractivity contribution in [2.24, 2.45) is 0 Å². The maximum absolute atomic E-state index is 12.0. The molecule has 4 N–H and O–H groups in total. The zero-order chi connectivity index (χ0) is 14.5. The van der Waals surface area contributed by atoms with E-state index in [2.05, 4.69) is 10.6 Å². The van der Waals surface area contributed by atoms with Crippen LogP contribution in [0, 0.1) is 0 Å². The van der Waals surface area contributed by atoms with Gasteiger partial charge >= 0.3 is 0 Å². The first-order valence-corrected chi connectivity index (χ1v) is 6.99. The zero-order valence-corrected chi connectivity index (χ0v) is 11.7. The monoisotopic (exact) mass is 275 g/mol. The predicted molar refractivity (Wildman–Crippen MR) is 78.1 cm³/mol. The van der Waals surface area contributed by atoms with Crippen LogP contribution in [0.3, 0.4) is 0 Å². The van der Waals surface area contributed by atoms with Crippen molar-refractivity contribution in [1.82, 2.24) is 10.6 Å². The van der Waals surface area contributed by atoms with Gasteiger partial charge in [0.2, 0.25) is 11.8 Å². The molecule has 108 valence electrons. The quantitative estimate of drug-likeness (QED) is 0.721. The number of benzene rings is 1. The van der Waals surface area contributed by atoms with Gasteiger partial charge < -0.3 is 16.4 Å². The molecule has 1 heterocycles. The molecule has 2 atom stereocenters. The van der Waals surface area contributed by atoms with Crippen LogP contribution in [0.4, 0.5) is 5.69 Å². The second-order valence-corrected chi connectivity index (χ2v) is 5.33. The van der Waals surface area contributed by atoms with Gasteiger partial charge in [0.15, 0.2) is 0 Å². The number of anilines is 1. The number of carbonyl (C=O) groups excluding carboxylic acids is 2. The summed E-state index contributed by atoms with van der Waals surface area (Å²) in [6.45, 7) is 2.69. The molecule has 1 aliphatic heterocycles. The minimum atomic E-state index is -0.380. The Kier molecular flexibility index (Phi) is 4.61. The van der Waals surface area contributed by atoms with E-state index in [9.17, 15) is 9.59 Å². The van der Waals surface area contributed by atoms with Gasteiger partial charge in [-0.15, -0.1) is 0 Å². The lowest BCUT2D eigenvalue weighted by Gasteiger charge is -2.23. The summed E-state index contributed by atoms with van der Waals surface area (Å²) in [4.78, 5) is 23.6. The third-order valence-electron chi connectivity index (χ3n) is 3.62. The van der Waals surface area contributed by atoms with Crippen LogP contribution in [-0.4, -0.2) is 24.4 Å². The highest BCUT2D eigenvalue weighted by atomic mass is 16.2. The highest BCUT2D eigenvalue weighted by Crippen LogP contribution is 2.20. The van der Waals surface area contributed by atoms with Crippen molar-refractivity contribution < 1.29 is 9.59 Å². The molecule has 1 aromatic carbocycles. The number of nitrogen functional groups attached to an aromatic ring is 1. The molecular formula is C15H21N3O2. The molecule has 0 radical (unpaired) electrons. The van der Waals surface area contributed by atoms with Crippen molar-refractivity contribution in [3.63, 3.8) is 0 Å². The van der Waals surface area contributed by atoms with E-state index in [4.69, 9.17) is 5.73 Å². The summed E-state index contributed by atoms with van der Waals surface area (Å²) in [6, 6.07) is 7.15. The normalized spacial score (nSPS) is 20.1. The largest absolute Gasteiger partial charge is 0.399 e.